The van der Waals surface area contributed by atoms with Crippen LogP contribution in [-0.4, -0.2) is 40.7 Å². The number of rotatable bonds is 7. The first-order valence-electron chi connectivity index (χ1n) is 7.87. The van der Waals surface area contributed by atoms with Crippen molar-refractivity contribution in [1.82, 2.24) is 9.88 Å². The first-order chi connectivity index (χ1) is 9.83. The van der Waals surface area contributed by atoms with Gasteiger partial charge in [-0.05, 0) is 49.9 Å². The van der Waals surface area contributed by atoms with E-state index in [0.717, 1.165) is 38.3 Å². The Kier molecular flexibility index (Phi) is 6.27. The highest BCUT2D eigenvalue weighted by atomic mass is 16.3. The Morgan fingerprint density at radius 1 is 1.45 bits per heavy atom. The molecule has 1 aliphatic rings. The molecule has 4 nitrogen and oxygen atoms in total. The summed E-state index contributed by atoms with van der Waals surface area (Å²) in [6, 6.07) is 4.79. The molecule has 0 spiro atoms. The molecular weight excluding hydrogens is 250 g/mol. The van der Waals surface area contributed by atoms with Crippen LogP contribution in [0.3, 0.4) is 0 Å². The number of piperidine rings is 1. The van der Waals surface area contributed by atoms with Crippen molar-refractivity contribution >= 4 is 5.82 Å². The van der Waals surface area contributed by atoms with Gasteiger partial charge in [0.2, 0.25) is 0 Å². The molecular formula is C16H27N3O. The van der Waals surface area contributed by atoms with Crippen molar-refractivity contribution < 1.29 is 5.11 Å². The maximum atomic E-state index is 9.20. The van der Waals surface area contributed by atoms with Gasteiger partial charge in [-0.25, -0.2) is 4.98 Å². The predicted octanol–water partition coefficient (Wildman–Crippen LogP) is 2.64. The van der Waals surface area contributed by atoms with E-state index in [2.05, 4.69) is 34.3 Å². The molecule has 1 aromatic rings. The molecule has 2 rings (SSSR count). The van der Waals surface area contributed by atoms with E-state index in [0.29, 0.717) is 12.6 Å². The second-order valence-corrected chi connectivity index (χ2v) is 5.61. The van der Waals surface area contributed by atoms with Crippen LogP contribution in [0.25, 0.3) is 0 Å². The molecule has 1 fully saturated rings. The molecule has 2 heterocycles. The minimum absolute atomic E-state index is 0.292. The highest BCUT2D eigenvalue weighted by Gasteiger charge is 2.21. The number of nitrogens with zero attached hydrogens (tertiary/aromatic N) is 2. The van der Waals surface area contributed by atoms with E-state index in [1.807, 2.05) is 6.20 Å². The van der Waals surface area contributed by atoms with Crippen molar-refractivity contribution in [3.8, 4) is 0 Å². The number of hydrogen-bond donors (Lipinski definition) is 2. The van der Waals surface area contributed by atoms with Crippen LogP contribution in [0.4, 0.5) is 5.82 Å². The van der Waals surface area contributed by atoms with Crippen LogP contribution in [0.1, 0.15) is 44.6 Å². The molecule has 112 valence electrons. The lowest BCUT2D eigenvalue weighted by atomic mass is 9.99. The number of likely N-dealkylation sites (tertiary alicyclic amines) is 1. The summed E-state index contributed by atoms with van der Waals surface area (Å²) in [7, 11) is 0. The largest absolute Gasteiger partial charge is 0.396 e. The molecule has 1 aromatic heterocycles. The Labute approximate surface area is 122 Å². The topological polar surface area (TPSA) is 48.4 Å². The average Bonchev–Trinajstić information content (AvgIpc) is 2.48. The number of aliphatic hydroxyl groups is 1. The zero-order chi connectivity index (χ0) is 14.2. The van der Waals surface area contributed by atoms with Crippen molar-refractivity contribution in [2.24, 2.45) is 0 Å². The summed E-state index contributed by atoms with van der Waals surface area (Å²) in [5, 5.41) is 12.5. The minimum atomic E-state index is 0.292. The van der Waals surface area contributed by atoms with Crippen molar-refractivity contribution in [3.63, 3.8) is 0 Å². The highest BCUT2D eigenvalue weighted by molar-refractivity contribution is 5.37. The molecule has 0 aromatic carbocycles. The SMILES string of the molecule is CCCNc1cc(CN2CCCCC2CCO)ccn1. The Hall–Kier alpha value is -1.13. The third-order valence-electron chi connectivity index (χ3n) is 3.98. The van der Waals surface area contributed by atoms with Gasteiger partial charge in [0.05, 0.1) is 0 Å². The molecule has 0 amide bonds. The predicted molar refractivity (Wildman–Crippen MR) is 82.8 cm³/mol. The van der Waals surface area contributed by atoms with Crippen molar-refractivity contribution in [2.45, 2.75) is 51.6 Å². The van der Waals surface area contributed by atoms with Crippen LogP contribution in [0, 0.1) is 0 Å². The van der Waals surface area contributed by atoms with Crippen LogP contribution in [0.15, 0.2) is 18.3 Å². The van der Waals surface area contributed by atoms with Crippen molar-refractivity contribution in [1.29, 1.82) is 0 Å². The third-order valence-corrected chi connectivity index (χ3v) is 3.98. The van der Waals surface area contributed by atoms with Crippen LogP contribution in [-0.2, 0) is 6.54 Å². The van der Waals surface area contributed by atoms with Gasteiger partial charge in [-0.3, -0.25) is 4.90 Å². The van der Waals surface area contributed by atoms with E-state index in [1.165, 1.54) is 24.8 Å². The second-order valence-electron chi connectivity index (χ2n) is 5.61. The van der Waals surface area contributed by atoms with E-state index >= 15 is 0 Å². The van der Waals surface area contributed by atoms with Gasteiger partial charge in [0.25, 0.3) is 0 Å². The number of pyridine rings is 1. The van der Waals surface area contributed by atoms with E-state index in [9.17, 15) is 5.11 Å². The molecule has 0 saturated carbocycles. The maximum absolute atomic E-state index is 9.20. The van der Waals surface area contributed by atoms with Crippen molar-refractivity contribution in [2.75, 3.05) is 25.0 Å². The lowest BCUT2D eigenvalue weighted by Gasteiger charge is -2.35. The summed E-state index contributed by atoms with van der Waals surface area (Å²) < 4.78 is 0. The van der Waals surface area contributed by atoms with Gasteiger partial charge in [-0.2, -0.15) is 0 Å². The molecule has 1 saturated heterocycles. The fourth-order valence-electron chi connectivity index (χ4n) is 2.90. The van der Waals surface area contributed by atoms with Gasteiger partial charge in [0, 0.05) is 31.9 Å². The number of aromatic nitrogens is 1. The lowest BCUT2D eigenvalue weighted by molar-refractivity contribution is 0.112. The van der Waals surface area contributed by atoms with Gasteiger partial charge in [-0.1, -0.05) is 13.3 Å². The number of anilines is 1. The van der Waals surface area contributed by atoms with Gasteiger partial charge in [0.1, 0.15) is 5.82 Å². The summed E-state index contributed by atoms with van der Waals surface area (Å²) in [6.45, 7) is 5.52. The molecule has 1 aliphatic heterocycles. The van der Waals surface area contributed by atoms with Gasteiger partial charge in [0.15, 0.2) is 0 Å². The molecule has 0 radical (unpaired) electrons. The van der Waals surface area contributed by atoms with Gasteiger partial charge >= 0.3 is 0 Å². The fourth-order valence-corrected chi connectivity index (χ4v) is 2.90. The van der Waals surface area contributed by atoms with Crippen molar-refractivity contribution in [3.05, 3.63) is 23.9 Å². The van der Waals surface area contributed by atoms with Crippen LogP contribution in [0.2, 0.25) is 0 Å². The average molecular weight is 277 g/mol. The quantitative estimate of drug-likeness (QED) is 0.804. The molecule has 2 N–H and O–H groups in total. The van der Waals surface area contributed by atoms with Crippen LogP contribution < -0.4 is 5.32 Å². The van der Waals surface area contributed by atoms with E-state index < -0.39 is 0 Å². The summed E-state index contributed by atoms with van der Waals surface area (Å²) in [5.41, 5.74) is 1.31. The zero-order valence-corrected chi connectivity index (χ0v) is 12.5. The highest BCUT2D eigenvalue weighted by Crippen LogP contribution is 2.22. The van der Waals surface area contributed by atoms with Crippen LogP contribution in [0.5, 0.6) is 0 Å². The zero-order valence-electron chi connectivity index (χ0n) is 12.5. The number of nitrogens with one attached hydrogen (secondary N) is 1. The lowest BCUT2D eigenvalue weighted by Crippen LogP contribution is -2.39. The smallest absolute Gasteiger partial charge is 0.126 e. The second kappa shape index (κ2) is 8.22. The molecule has 20 heavy (non-hydrogen) atoms. The monoisotopic (exact) mass is 277 g/mol. The molecule has 0 bridgehead atoms. The summed E-state index contributed by atoms with van der Waals surface area (Å²) in [6.07, 6.45) is 7.67. The normalized spacial score (nSPS) is 20.0. The first-order valence-corrected chi connectivity index (χ1v) is 7.87. The summed E-state index contributed by atoms with van der Waals surface area (Å²) in [5.74, 6) is 0.972. The number of aliphatic hydroxyl groups excluding tert-OH is 1. The molecule has 0 aliphatic carbocycles. The van der Waals surface area contributed by atoms with Gasteiger partial charge in [-0.15, -0.1) is 0 Å². The third kappa shape index (κ3) is 4.46. The molecule has 4 heteroatoms. The van der Waals surface area contributed by atoms with E-state index in [-0.39, 0.29) is 0 Å². The standard InChI is InChI=1S/C16H27N3O/c1-2-8-17-16-12-14(6-9-18-16)13-19-10-4-3-5-15(19)7-11-20/h6,9,12,15,20H,2-5,7-8,10-11,13H2,1H3,(H,17,18). The molecule has 1 atom stereocenters. The minimum Gasteiger partial charge on any atom is -0.396 e. The Bertz CT molecular complexity index is 395. The van der Waals surface area contributed by atoms with E-state index in [4.69, 9.17) is 0 Å². The Morgan fingerprint density at radius 2 is 2.35 bits per heavy atom. The fraction of sp³-hybridized carbons (Fsp3) is 0.688. The Balaban J connectivity index is 1.96. The maximum Gasteiger partial charge on any atom is 0.126 e. The summed E-state index contributed by atoms with van der Waals surface area (Å²) >= 11 is 0. The number of hydrogen-bond acceptors (Lipinski definition) is 4. The Morgan fingerprint density at radius 3 is 3.15 bits per heavy atom. The van der Waals surface area contributed by atoms with Gasteiger partial charge < -0.3 is 10.4 Å². The summed E-state index contributed by atoms with van der Waals surface area (Å²) in [4.78, 5) is 6.87. The van der Waals surface area contributed by atoms with Crippen LogP contribution >= 0.6 is 0 Å². The first kappa shape index (κ1) is 15.3. The van der Waals surface area contributed by atoms with E-state index in [1.54, 1.807) is 0 Å². The molecule has 1 unspecified atom stereocenters.